The number of halogens is 1. The van der Waals surface area contributed by atoms with Crippen LogP contribution < -0.4 is 5.32 Å². The zero-order chi connectivity index (χ0) is 14.3. The molecule has 1 aromatic rings. The number of carbonyl (C=O) groups excluding carboxylic acids is 1. The molecule has 1 N–H and O–H groups in total. The Bertz CT molecular complexity index is 480. The van der Waals surface area contributed by atoms with Crippen molar-refractivity contribution in [3.63, 3.8) is 0 Å². The van der Waals surface area contributed by atoms with Crippen LogP contribution in [0.15, 0.2) is 18.2 Å². The van der Waals surface area contributed by atoms with Crippen molar-refractivity contribution in [2.75, 3.05) is 7.11 Å². The van der Waals surface area contributed by atoms with Gasteiger partial charge in [0.2, 0.25) is 0 Å². The topological polar surface area (TPSA) is 38.3 Å². The zero-order valence-corrected chi connectivity index (χ0v) is 11.2. The molecule has 1 rings (SSSR count). The molecule has 4 heteroatoms. The number of ether oxygens (including phenoxy) is 1. The Morgan fingerprint density at radius 2 is 2.32 bits per heavy atom. The van der Waals surface area contributed by atoms with Crippen LogP contribution >= 0.6 is 0 Å². The van der Waals surface area contributed by atoms with Crippen LogP contribution in [0.2, 0.25) is 0 Å². The smallest absolute Gasteiger partial charge is 0.340 e. The molecular formula is C15H18FNO2. The highest BCUT2D eigenvalue weighted by Gasteiger charge is 2.12. The number of rotatable bonds is 6. The number of hydrogen-bond donors (Lipinski definition) is 1. The molecular weight excluding hydrogens is 245 g/mol. The number of carbonyl (C=O) groups is 1. The SMILES string of the molecule is C#CC(CCC)NCc1ccc(C(=O)OC)c(F)c1. The third-order valence-electron chi connectivity index (χ3n) is 2.77. The van der Waals surface area contributed by atoms with E-state index in [0.29, 0.717) is 6.54 Å². The lowest BCUT2D eigenvalue weighted by Gasteiger charge is -2.12. The van der Waals surface area contributed by atoms with Crippen LogP contribution in [0.25, 0.3) is 0 Å². The van der Waals surface area contributed by atoms with Crippen LogP contribution in [0.5, 0.6) is 0 Å². The fraction of sp³-hybridized carbons (Fsp3) is 0.400. The molecule has 1 aromatic carbocycles. The number of benzene rings is 1. The van der Waals surface area contributed by atoms with Crippen molar-refractivity contribution in [1.29, 1.82) is 0 Å². The first-order valence-electron chi connectivity index (χ1n) is 6.18. The van der Waals surface area contributed by atoms with E-state index in [1.54, 1.807) is 6.07 Å². The highest BCUT2D eigenvalue weighted by atomic mass is 19.1. The van der Waals surface area contributed by atoms with Crippen LogP contribution in [-0.2, 0) is 11.3 Å². The first-order chi connectivity index (χ1) is 9.12. The molecule has 1 atom stereocenters. The van der Waals surface area contributed by atoms with Gasteiger partial charge < -0.3 is 4.74 Å². The van der Waals surface area contributed by atoms with Gasteiger partial charge in [-0.2, -0.15) is 0 Å². The molecule has 0 spiro atoms. The molecule has 0 aromatic heterocycles. The van der Waals surface area contributed by atoms with Gasteiger partial charge in [-0.1, -0.05) is 25.3 Å². The minimum Gasteiger partial charge on any atom is -0.465 e. The van der Waals surface area contributed by atoms with E-state index in [4.69, 9.17) is 6.42 Å². The van der Waals surface area contributed by atoms with Gasteiger partial charge in [-0.05, 0) is 24.1 Å². The molecule has 0 saturated heterocycles. The molecule has 3 nitrogen and oxygen atoms in total. The molecule has 0 radical (unpaired) electrons. The fourth-order valence-electron chi connectivity index (χ4n) is 1.72. The molecule has 0 saturated carbocycles. The van der Waals surface area contributed by atoms with Gasteiger partial charge in [0.05, 0.1) is 18.7 Å². The maximum absolute atomic E-state index is 13.7. The van der Waals surface area contributed by atoms with E-state index in [2.05, 4.69) is 22.9 Å². The van der Waals surface area contributed by atoms with Gasteiger partial charge in [-0.15, -0.1) is 6.42 Å². The standard InChI is InChI=1S/C15H18FNO2/c1-4-6-12(5-2)17-10-11-7-8-13(14(16)9-11)15(18)19-3/h2,7-9,12,17H,4,6,10H2,1,3H3. The lowest BCUT2D eigenvalue weighted by Crippen LogP contribution is -2.26. The summed E-state index contributed by atoms with van der Waals surface area (Å²) in [7, 11) is 1.22. The average Bonchev–Trinajstić information content (AvgIpc) is 2.42. The lowest BCUT2D eigenvalue weighted by atomic mass is 10.1. The Morgan fingerprint density at radius 1 is 1.58 bits per heavy atom. The lowest BCUT2D eigenvalue weighted by molar-refractivity contribution is 0.0595. The third kappa shape index (κ3) is 4.38. The van der Waals surface area contributed by atoms with Crippen LogP contribution in [-0.4, -0.2) is 19.1 Å². The van der Waals surface area contributed by atoms with Crippen molar-refractivity contribution in [2.45, 2.75) is 32.4 Å². The van der Waals surface area contributed by atoms with E-state index >= 15 is 0 Å². The molecule has 1 unspecified atom stereocenters. The van der Waals surface area contributed by atoms with Crippen molar-refractivity contribution in [1.82, 2.24) is 5.32 Å². The summed E-state index contributed by atoms with van der Waals surface area (Å²) in [5.41, 5.74) is 0.676. The second kappa shape index (κ2) is 7.55. The minimum absolute atomic E-state index is 0.0201. The minimum atomic E-state index is -0.676. The summed E-state index contributed by atoms with van der Waals surface area (Å²) < 4.78 is 18.2. The van der Waals surface area contributed by atoms with Gasteiger partial charge in [-0.3, -0.25) is 5.32 Å². The predicted molar refractivity (Wildman–Crippen MR) is 72.1 cm³/mol. The molecule has 0 bridgehead atoms. The normalized spacial score (nSPS) is 11.7. The fourth-order valence-corrected chi connectivity index (χ4v) is 1.72. The van der Waals surface area contributed by atoms with Crippen molar-refractivity contribution in [3.05, 3.63) is 35.1 Å². The van der Waals surface area contributed by atoms with Gasteiger partial charge in [0.1, 0.15) is 5.82 Å². The monoisotopic (exact) mass is 263 g/mol. The molecule has 0 aliphatic carbocycles. The average molecular weight is 263 g/mol. The third-order valence-corrected chi connectivity index (χ3v) is 2.77. The maximum Gasteiger partial charge on any atom is 0.340 e. The summed E-state index contributed by atoms with van der Waals surface area (Å²) >= 11 is 0. The molecule has 19 heavy (non-hydrogen) atoms. The Balaban J connectivity index is 2.69. The van der Waals surface area contributed by atoms with Crippen LogP contribution in [0.3, 0.4) is 0 Å². The van der Waals surface area contributed by atoms with E-state index in [1.807, 2.05) is 0 Å². The van der Waals surface area contributed by atoms with Gasteiger partial charge in [0, 0.05) is 6.54 Å². The van der Waals surface area contributed by atoms with E-state index in [-0.39, 0.29) is 11.6 Å². The number of methoxy groups -OCH3 is 1. The van der Waals surface area contributed by atoms with E-state index in [9.17, 15) is 9.18 Å². The van der Waals surface area contributed by atoms with Crippen molar-refractivity contribution < 1.29 is 13.9 Å². The summed E-state index contributed by atoms with van der Waals surface area (Å²) in [6, 6.07) is 4.40. The molecule has 0 amide bonds. The Morgan fingerprint density at radius 3 is 2.84 bits per heavy atom. The van der Waals surface area contributed by atoms with Crippen LogP contribution in [0, 0.1) is 18.2 Å². The van der Waals surface area contributed by atoms with E-state index in [1.165, 1.54) is 19.2 Å². The molecule has 0 heterocycles. The predicted octanol–water partition coefficient (Wildman–Crippen LogP) is 2.50. The van der Waals surface area contributed by atoms with E-state index < -0.39 is 11.8 Å². The number of esters is 1. The summed E-state index contributed by atoms with van der Waals surface area (Å²) in [4.78, 5) is 11.2. The highest BCUT2D eigenvalue weighted by molar-refractivity contribution is 5.89. The Labute approximate surface area is 113 Å². The molecule has 0 fully saturated rings. The van der Waals surface area contributed by atoms with Crippen LogP contribution in [0.4, 0.5) is 4.39 Å². The summed E-state index contributed by atoms with van der Waals surface area (Å²) in [6.45, 7) is 2.52. The number of hydrogen-bond acceptors (Lipinski definition) is 3. The van der Waals surface area contributed by atoms with Crippen LogP contribution in [0.1, 0.15) is 35.7 Å². The van der Waals surface area contributed by atoms with Gasteiger partial charge in [-0.25, -0.2) is 9.18 Å². The quantitative estimate of drug-likeness (QED) is 0.633. The van der Waals surface area contributed by atoms with E-state index in [0.717, 1.165) is 18.4 Å². The maximum atomic E-state index is 13.7. The summed E-state index contributed by atoms with van der Waals surface area (Å²) in [6.07, 6.45) is 7.24. The summed E-state index contributed by atoms with van der Waals surface area (Å²) in [5.74, 6) is 1.39. The zero-order valence-electron chi connectivity index (χ0n) is 11.2. The Kier molecular flexibility index (Phi) is 6.04. The highest BCUT2D eigenvalue weighted by Crippen LogP contribution is 2.12. The van der Waals surface area contributed by atoms with Gasteiger partial charge >= 0.3 is 5.97 Å². The number of nitrogens with one attached hydrogen (secondary N) is 1. The second-order valence-electron chi connectivity index (χ2n) is 4.19. The summed E-state index contributed by atoms with van der Waals surface area (Å²) in [5, 5.41) is 3.16. The largest absolute Gasteiger partial charge is 0.465 e. The molecule has 102 valence electrons. The van der Waals surface area contributed by atoms with Gasteiger partial charge in [0.25, 0.3) is 0 Å². The Hall–Kier alpha value is -1.86. The first kappa shape index (κ1) is 15.2. The van der Waals surface area contributed by atoms with Crippen molar-refractivity contribution in [3.8, 4) is 12.3 Å². The first-order valence-corrected chi connectivity index (χ1v) is 6.18. The van der Waals surface area contributed by atoms with Crippen molar-refractivity contribution >= 4 is 5.97 Å². The molecule has 0 aliphatic heterocycles. The van der Waals surface area contributed by atoms with Gasteiger partial charge in [0.15, 0.2) is 0 Å². The molecule has 0 aliphatic rings. The number of terminal acetylenes is 1. The second-order valence-corrected chi connectivity index (χ2v) is 4.19. The van der Waals surface area contributed by atoms with Crippen molar-refractivity contribution in [2.24, 2.45) is 0 Å².